The molecule has 6 nitrogen and oxygen atoms in total. The number of carbonyl (C=O) groups excluding carboxylic acids is 1. The number of hydrogen-bond donors (Lipinski definition) is 3. The van der Waals surface area contributed by atoms with Gasteiger partial charge in [0.1, 0.15) is 0 Å². The normalized spacial score (nSPS) is 14.7. The summed E-state index contributed by atoms with van der Waals surface area (Å²) in [5.41, 5.74) is 0. The Bertz CT molecular complexity index is 572. The highest BCUT2D eigenvalue weighted by Gasteiger charge is 2.17. The molecule has 0 spiro atoms. The highest BCUT2D eigenvalue weighted by Crippen LogP contribution is 2.27. The first kappa shape index (κ1) is 24.1. The monoisotopic (exact) mass is 507 g/mol. The van der Waals surface area contributed by atoms with Crippen LogP contribution in [0.25, 0.3) is 0 Å². The summed E-state index contributed by atoms with van der Waals surface area (Å²) in [5, 5.41) is 10.7. The van der Waals surface area contributed by atoms with Gasteiger partial charge in [0.05, 0.1) is 5.01 Å². The van der Waals surface area contributed by atoms with E-state index in [0.29, 0.717) is 32.0 Å². The first-order valence-corrected chi connectivity index (χ1v) is 10.7. The van der Waals surface area contributed by atoms with Crippen LogP contribution in [0.4, 0.5) is 0 Å². The molecular formula is C19H34IN5OS. The average Bonchev–Trinajstić information content (AvgIpc) is 3.30. The van der Waals surface area contributed by atoms with Crippen molar-refractivity contribution in [3.8, 4) is 0 Å². The number of aryl methyl sites for hydroxylation is 1. The van der Waals surface area contributed by atoms with Crippen LogP contribution in [0.3, 0.4) is 0 Å². The second-order valence-electron chi connectivity index (χ2n) is 6.72. The van der Waals surface area contributed by atoms with Crippen molar-refractivity contribution < 1.29 is 4.79 Å². The molecule has 0 atom stereocenters. The summed E-state index contributed by atoms with van der Waals surface area (Å²) in [6, 6.07) is 0. The highest BCUT2D eigenvalue weighted by molar-refractivity contribution is 14.0. The zero-order valence-electron chi connectivity index (χ0n) is 16.6. The molecule has 1 amide bonds. The summed E-state index contributed by atoms with van der Waals surface area (Å²) in [6.07, 6.45) is 9.52. The van der Waals surface area contributed by atoms with Crippen LogP contribution in [0.1, 0.15) is 55.8 Å². The van der Waals surface area contributed by atoms with Gasteiger partial charge < -0.3 is 16.0 Å². The second kappa shape index (κ2) is 14.1. The largest absolute Gasteiger partial charge is 0.357 e. The molecule has 1 heterocycles. The van der Waals surface area contributed by atoms with Crippen molar-refractivity contribution in [3.05, 3.63) is 16.1 Å². The summed E-state index contributed by atoms with van der Waals surface area (Å²) in [7, 11) is 0. The number of aliphatic imine (C=N–C) groups is 1. The maximum absolute atomic E-state index is 11.9. The van der Waals surface area contributed by atoms with E-state index < -0.39 is 0 Å². The molecule has 1 aliphatic rings. The Balaban J connectivity index is 0.00000364. The number of guanidine groups is 1. The van der Waals surface area contributed by atoms with Crippen molar-refractivity contribution in [1.29, 1.82) is 0 Å². The predicted molar refractivity (Wildman–Crippen MR) is 124 cm³/mol. The van der Waals surface area contributed by atoms with Gasteiger partial charge in [0, 0.05) is 50.1 Å². The van der Waals surface area contributed by atoms with Gasteiger partial charge in [-0.15, -0.1) is 35.3 Å². The summed E-state index contributed by atoms with van der Waals surface area (Å²) in [5.74, 6) is 1.57. The van der Waals surface area contributed by atoms with E-state index in [2.05, 4.69) is 39.8 Å². The molecule has 3 N–H and O–H groups in total. The standard InChI is InChI=1S/C19H33N5OS.HI/c1-3-16-14-24-18(26-16)9-10-22-19(20-4-2)23-12-11-21-17(25)13-15-7-5-6-8-15;/h14-15H,3-13H2,1-2H3,(H,21,25)(H2,20,22,23);1H. The Kier molecular flexibility index (Phi) is 12.6. The van der Waals surface area contributed by atoms with E-state index in [1.54, 1.807) is 11.3 Å². The fraction of sp³-hybridized carbons (Fsp3) is 0.737. The van der Waals surface area contributed by atoms with Crippen LogP contribution in [-0.2, 0) is 17.6 Å². The molecule has 154 valence electrons. The van der Waals surface area contributed by atoms with Crippen LogP contribution in [-0.4, -0.2) is 43.0 Å². The molecule has 27 heavy (non-hydrogen) atoms. The van der Waals surface area contributed by atoms with E-state index in [9.17, 15) is 4.79 Å². The van der Waals surface area contributed by atoms with Crippen LogP contribution in [0.2, 0.25) is 0 Å². The van der Waals surface area contributed by atoms with E-state index in [-0.39, 0.29) is 29.9 Å². The number of hydrogen-bond acceptors (Lipinski definition) is 4. The number of nitrogens with zero attached hydrogens (tertiary/aromatic N) is 2. The SMILES string of the molecule is CCNC(=NCCc1ncc(CC)s1)NCCNC(=O)CC1CCCC1.I. The van der Waals surface area contributed by atoms with E-state index in [0.717, 1.165) is 30.4 Å². The zero-order valence-corrected chi connectivity index (χ0v) is 19.7. The lowest BCUT2D eigenvalue weighted by Crippen LogP contribution is -2.41. The fourth-order valence-electron chi connectivity index (χ4n) is 3.16. The lowest BCUT2D eigenvalue weighted by molar-refractivity contribution is -0.121. The molecule has 2 rings (SSSR count). The van der Waals surface area contributed by atoms with Gasteiger partial charge in [0.25, 0.3) is 0 Å². The number of rotatable bonds is 10. The molecule has 1 aromatic heterocycles. The molecule has 1 saturated carbocycles. The van der Waals surface area contributed by atoms with Crippen LogP contribution in [0.5, 0.6) is 0 Å². The van der Waals surface area contributed by atoms with Crippen LogP contribution in [0, 0.1) is 5.92 Å². The molecule has 0 aliphatic heterocycles. The zero-order chi connectivity index (χ0) is 18.6. The highest BCUT2D eigenvalue weighted by atomic mass is 127. The van der Waals surface area contributed by atoms with Gasteiger partial charge in [-0.25, -0.2) is 4.98 Å². The van der Waals surface area contributed by atoms with Gasteiger partial charge in [0.2, 0.25) is 5.91 Å². The third-order valence-electron chi connectivity index (χ3n) is 4.58. The molecule has 0 aromatic carbocycles. The molecule has 0 saturated heterocycles. The topological polar surface area (TPSA) is 78.4 Å². The Hall–Kier alpha value is -0.900. The minimum atomic E-state index is 0. The van der Waals surface area contributed by atoms with Gasteiger partial charge in [0.15, 0.2) is 5.96 Å². The number of halogens is 1. The van der Waals surface area contributed by atoms with E-state index in [4.69, 9.17) is 0 Å². The number of aromatic nitrogens is 1. The van der Waals surface area contributed by atoms with Gasteiger partial charge in [-0.1, -0.05) is 19.8 Å². The summed E-state index contributed by atoms with van der Waals surface area (Å²) < 4.78 is 0. The maximum Gasteiger partial charge on any atom is 0.220 e. The van der Waals surface area contributed by atoms with E-state index in [1.807, 2.05) is 6.20 Å². The number of nitrogens with one attached hydrogen (secondary N) is 3. The quantitative estimate of drug-likeness (QED) is 0.197. The molecule has 1 aromatic rings. The first-order valence-electron chi connectivity index (χ1n) is 9.93. The lowest BCUT2D eigenvalue weighted by Gasteiger charge is -2.13. The summed E-state index contributed by atoms with van der Waals surface area (Å²) in [6.45, 7) is 7.03. The lowest BCUT2D eigenvalue weighted by atomic mass is 10.0. The smallest absolute Gasteiger partial charge is 0.220 e. The second-order valence-corrected chi connectivity index (χ2v) is 7.92. The van der Waals surface area contributed by atoms with E-state index >= 15 is 0 Å². The van der Waals surface area contributed by atoms with Crippen molar-refractivity contribution in [2.75, 3.05) is 26.2 Å². The Morgan fingerprint density at radius 1 is 1.22 bits per heavy atom. The number of amides is 1. The first-order chi connectivity index (χ1) is 12.7. The average molecular weight is 507 g/mol. The molecule has 8 heteroatoms. The number of carbonyl (C=O) groups is 1. The maximum atomic E-state index is 11.9. The van der Waals surface area contributed by atoms with Crippen molar-refractivity contribution in [2.45, 2.75) is 58.8 Å². The molecule has 1 fully saturated rings. The minimum Gasteiger partial charge on any atom is -0.357 e. The minimum absolute atomic E-state index is 0. The summed E-state index contributed by atoms with van der Waals surface area (Å²) in [4.78, 5) is 22.3. The van der Waals surface area contributed by atoms with Gasteiger partial charge >= 0.3 is 0 Å². The van der Waals surface area contributed by atoms with Crippen LogP contribution < -0.4 is 16.0 Å². The van der Waals surface area contributed by atoms with Gasteiger partial charge in [-0.3, -0.25) is 9.79 Å². The molecule has 0 radical (unpaired) electrons. The van der Waals surface area contributed by atoms with Crippen molar-refractivity contribution in [2.24, 2.45) is 10.9 Å². The molecular weight excluding hydrogens is 473 g/mol. The molecule has 0 unspecified atom stereocenters. The Morgan fingerprint density at radius 2 is 1.96 bits per heavy atom. The Labute approximate surface area is 184 Å². The summed E-state index contributed by atoms with van der Waals surface area (Å²) >= 11 is 1.77. The predicted octanol–water partition coefficient (Wildman–Crippen LogP) is 3.12. The molecule has 0 bridgehead atoms. The third-order valence-corrected chi connectivity index (χ3v) is 5.78. The molecule has 1 aliphatic carbocycles. The fourth-order valence-corrected chi connectivity index (χ4v) is 4.01. The van der Waals surface area contributed by atoms with Crippen LogP contribution in [0.15, 0.2) is 11.2 Å². The van der Waals surface area contributed by atoms with Gasteiger partial charge in [-0.05, 0) is 32.1 Å². The van der Waals surface area contributed by atoms with Crippen molar-refractivity contribution >= 4 is 47.2 Å². The van der Waals surface area contributed by atoms with Crippen LogP contribution >= 0.6 is 35.3 Å². The van der Waals surface area contributed by atoms with Crippen molar-refractivity contribution in [3.63, 3.8) is 0 Å². The number of thiazole rings is 1. The Morgan fingerprint density at radius 3 is 2.63 bits per heavy atom. The third kappa shape index (κ3) is 9.73. The van der Waals surface area contributed by atoms with Crippen molar-refractivity contribution in [1.82, 2.24) is 20.9 Å². The van der Waals surface area contributed by atoms with Gasteiger partial charge in [-0.2, -0.15) is 0 Å². The van der Waals surface area contributed by atoms with E-state index in [1.165, 1.54) is 30.6 Å².